The minimum absolute atomic E-state index is 0.162. The van der Waals surface area contributed by atoms with Crippen LogP contribution in [0, 0.1) is 12.7 Å². The lowest BCUT2D eigenvalue weighted by atomic mass is 10.0. The zero-order valence-electron chi connectivity index (χ0n) is 7.10. The first-order valence-corrected chi connectivity index (χ1v) is 3.82. The van der Waals surface area contributed by atoms with Gasteiger partial charge in [0.15, 0.2) is 0 Å². The summed E-state index contributed by atoms with van der Waals surface area (Å²) in [5, 5.41) is 0. The molecule has 0 unspecified atom stereocenters. The van der Waals surface area contributed by atoms with E-state index in [1.165, 1.54) is 12.1 Å². The molecule has 0 aliphatic carbocycles. The molecule has 0 aromatic heterocycles. The molecule has 1 aromatic carbocycles. The van der Waals surface area contributed by atoms with E-state index in [4.69, 9.17) is 5.73 Å². The maximum atomic E-state index is 12.7. The molecule has 0 bridgehead atoms. The first kappa shape index (κ1) is 10.1. The molecule has 0 amide bonds. The van der Waals surface area contributed by atoms with Gasteiger partial charge in [-0.2, -0.15) is 0 Å². The summed E-state index contributed by atoms with van der Waals surface area (Å²) >= 11 is 0. The quantitative estimate of drug-likeness (QED) is 0.759. The van der Waals surface area contributed by atoms with Gasteiger partial charge in [-0.15, -0.1) is 0 Å². The number of halogens is 3. The Bertz CT molecular complexity index is 299. The van der Waals surface area contributed by atoms with Crippen molar-refractivity contribution >= 4 is 0 Å². The van der Waals surface area contributed by atoms with Crippen molar-refractivity contribution < 1.29 is 13.2 Å². The predicted molar refractivity (Wildman–Crippen MR) is 44.1 cm³/mol. The molecule has 0 fully saturated rings. The first-order valence-electron chi connectivity index (χ1n) is 3.82. The Balaban J connectivity index is 3.05. The third kappa shape index (κ3) is 2.21. The second-order valence-corrected chi connectivity index (χ2v) is 2.86. The fourth-order valence-electron chi connectivity index (χ4n) is 1.11. The molecule has 1 atom stereocenters. The average molecular weight is 189 g/mol. The number of aryl methyl sites for hydroxylation is 1. The van der Waals surface area contributed by atoms with E-state index in [2.05, 4.69) is 0 Å². The van der Waals surface area contributed by atoms with Crippen molar-refractivity contribution in [3.63, 3.8) is 0 Å². The lowest BCUT2D eigenvalue weighted by molar-refractivity contribution is 0.116. The number of rotatable bonds is 2. The Kier molecular flexibility index (Phi) is 2.93. The number of benzene rings is 1. The molecule has 0 aliphatic heterocycles. The first-order chi connectivity index (χ1) is 6.02. The molecule has 1 rings (SSSR count). The molecule has 72 valence electrons. The zero-order chi connectivity index (χ0) is 10.0. The van der Waals surface area contributed by atoms with Gasteiger partial charge in [0.2, 0.25) is 0 Å². The summed E-state index contributed by atoms with van der Waals surface area (Å²) in [7, 11) is 0. The van der Waals surface area contributed by atoms with Gasteiger partial charge in [0, 0.05) is 0 Å². The number of nitrogens with two attached hydrogens (primary N) is 1. The maximum absolute atomic E-state index is 12.7. The van der Waals surface area contributed by atoms with Gasteiger partial charge < -0.3 is 5.73 Å². The van der Waals surface area contributed by atoms with Crippen LogP contribution in [0.3, 0.4) is 0 Å². The summed E-state index contributed by atoms with van der Waals surface area (Å²) < 4.78 is 37.0. The molecular weight excluding hydrogens is 179 g/mol. The molecule has 0 radical (unpaired) electrons. The molecule has 13 heavy (non-hydrogen) atoms. The van der Waals surface area contributed by atoms with Gasteiger partial charge in [0.1, 0.15) is 5.82 Å². The van der Waals surface area contributed by atoms with E-state index in [0.717, 1.165) is 6.07 Å². The standard InChI is InChI=1S/C9H10F3N/c1-5-2-3-6(10)4-7(5)8(13)9(11)12/h2-4,8-9H,13H2,1H3/t8-/m0/s1. The van der Waals surface area contributed by atoms with Crippen LogP contribution >= 0.6 is 0 Å². The van der Waals surface area contributed by atoms with Gasteiger partial charge in [-0.25, -0.2) is 13.2 Å². The molecule has 0 saturated heterocycles. The van der Waals surface area contributed by atoms with Crippen LogP contribution in [0.1, 0.15) is 17.2 Å². The van der Waals surface area contributed by atoms with Crippen molar-refractivity contribution in [2.45, 2.75) is 19.4 Å². The largest absolute Gasteiger partial charge is 0.319 e. The maximum Gasteiger partial charge on any atom is 0.257 e. The van der Waals surface area contributed by atoms with Crippen molar-refractivity contribution in [2.75, 3.05) is 0 Å². The van der Waals surface area contributed by atoms with Crippen LogP contribution in [0.4, 0.5) is 13.2 Å². The highest BCUT2D eigenvalue weighted by atomic mass is 19.3. The monoisotopic (exact) mass is 189 g/mol. The SMILES string of the molecule is Cc1ccc(F)cc1[C@H](N)C(F)F. The van der Waals surface area contributed by atoms with Gasteiger partial charge >= 0.3 is 0 Å². The van der Waals surface area contributed by atoms with Gasteiger partial charge in [-0.1, -0.05) is 6.07 Å². The van der Waals surface area contributed by atoms with Crippen molar-refractivity contribution in [3.8, 4) is 0 Å². The lowest BCUT2D eigenvalue weighted by Gasteiger charge is -2.13. The van der Waals surface area contributed by atoms with Crippen LogP contribution in [-0.4, -0.2) is 6.43 Å². The molecule has 0 heterocycles. The summed E-state index contributed by atoms with van der Waals surface area (Å²) in [6.45, 7) is 1.62. The third-order valence-corrected chi connectivity index (χ3v) is 1.87. The zero-order valence-corrected chi connectivity index (χ0v) is 7.10. The molecule has 2 N–H and O–H groups in total. The van der Waals surface area contributed by atoms with Crippen LogP contribution in [0.25, 0.3) is 0 Å². The van der Waals surface area contributed by atoms with Crippen LogP contribution in [0.15, 0.2) is 18.2 Å². The van der Waals surface area contributed by atoms with E-state index in [1.807, 2.05) is 0 Å². The second kappa shape index (κ2) is 3.79. The Hall–Kier alpha value is -1.03. The normalized spacial score (nSPS) is 13.4. The van der Waals surface area contributed by atoms with E-state index < -0.39 is 18.3 Å². The summed E-state index contributed by atoms with van der Waals surface area (Å²) in [4.78, 5) is 0. The smallest absolute Gasteiger partial charge is 0.257 e. The van der Waals surface area contributed by atoms with E-state index in [-0.39, 0.29) is 5.56 Å². The summed E-state index contributed by atoms with van der Waals surface area (Å²) in [5.41, 5.74) is 5.93. The number of hydrogen-bond acceptors (Lipinski definition) is 1. The molecule has 0 aliphatic rings. The topological polar surface area (TPSA) is 26.0 Å². The average Bonchev–Trinajstić information content (AvgIpc) is 2.08. The van der Waals surface area contributed by atoms with Crippen LogP contribution < -0.4 is 5.73 Å². The number of alkyl halides is 2. The van der Waals surface area contributed by atoms with E-state index in [0.29, 0.717) is 5.56 Å². The minimum atomic E-state index is -2.67. The van der Waals surface area contributed by atoms with Crippen molar-refractivity contribution in [3.05, 3.63) is 35.1 Å². The van der Waals surface area contributed by atoms with E-state index >= 15 is 0 Å². The van der Waals surface area contributed by atoms with Crippen LogP contribution in [-0.2, 0) is 0 Å². The molecule has 1 nitrogen and oxygen atoms in total. The Labute approximate surface area is 74.4 Å². The van der Waals surface area contributed by atoms with Crippen molar-refractivity contribution in [1.82, 2.24) is 0 Å². The fourth-order valence-corrected chi connectivity index (χ4v) is 1.11. The highest BCUT2D eigenvalue weighted by Gasteiger charge is 2.19. The van der Waals surface area contributed by atoms with Crippen LogP contribution in [0.5, 0.6) is 0 Å². The molecular formula is C9H10F3N. The highest BCUT2D eigenvalue weighted by molar-refractivity contribution is 5.29. The van der Waals surface area contributed by atoms with Gasteiger partial charge in [0.05, 0.1) is 6.04 Å². The molecule has 0 saturated carbocycles. The molecule has 1 aromatic rings. The third-order valence-electron chi connectivity index (χ3n) is 1.87. The molecule has 4 heteroatoms. The Morgan fingerprint density at radius 2 is 1.92 bits per heavy atom. The summed E-state index contributed by atoms with van der Waals surface area (Å²) in [6.07, 6.45) is -2.67. The Morgan fingerprint density at radius 1 is 1.31 bits per heavy atom. The van der Waals surface area contributed by atoms with Crippen molar-refractivity contribution in [2.24, 2.45) is 5.73 Å². The predicted octanol–water partition coefficient (Wildman–Crippen LogP) is 2.40. The molecule has 0 spiro atoms. The Morgan fingerprint density at radius 3 is 2.46 bits per heavy atom. The van der Waals surface area contributed by atoms with Crippen LogP contribution in [0.2, 0.25) is 0 Å². The van der Waals surface area contributed by atoms with Gasteiger partial charge in [-0.05, 0) is 30.2 Å². The van der Waals surface area contributed by atoms with E-state index in [9.17, 15) is 13.2 Å². The lowest BCUT2D eigenvalue weighted by Crippen LogP contribution is -2.20. The van der Waals surface area contributed by atoms with Crippen molar-refractivity contribution in [1.29, 1.82) is 0 Å². The highest BCUT2D eigenvalue weighted by Crippen LogP contribution is 2.21. The number of hydrogen-bond donors (Lipinski definition) is 1. The van der Waals surface area contributed by atoms with Gasteiger partial charge in [0.25, 0.3) is 6.43 Å². The van der Waals surface area contributed by atoms with E-state index in [1.54, 1.807) is 6.92 Å². The second-order valence-electron chi connectivity index (χ2n) is 2.86. The van der Waals surface area contributed by atoms with Gasteiger partial charge in [-0.3, -0.25) is 0 Å². The summed E-state index contributed by atoms with van der Waals surface area (Å²) in [6, 6.07) is 2.30. The minimum Gasteiger partial charge on any atom is -0.319 e. The summed E-state index contributed by atoms with van der Waals surface area (Å²) in [5.74, 6) is -0.545. The fraction of sp³-hybridized carbons (Fsp3) is 0.333.